The van der Waals surface area contributed by atoms with Gasteiger partial charge < -0.3 is 15.1 Å². The summed E-state index contributed by atoms with van der Waals surface area (Å²) in [7, 11) is 3.58. The van der Waals surface area contributed by atoms with Crippen molar-refractivity contribution < 1.29 is 4.42 Å². The molecule has 1 atom stereocenters. The molecule has 2 aromatic rings. The van der Waals surface area contributed by atoms with Crippen LogP contribution in [-0.4, -0.2) is 27.8 Å². The lowest BCUT2D eigenvalue weighted by molar-refractivity contribution is 0.441. The number of rotatable bonds is 4. The van der Waals surface area contributed by atoms with Gasteiger partial charge in [0.25, 0.3) is 0 Å². The zero-order chi connectivity index (χ0) is 14.5. The summed E-state index contributed by atoms with van der Waals surface area (Å²) in [5, 5.41) is 10.5. The molecule has 0 aromatic carbocycles. The van der Waals surface area contributed by atoms with E-state index in [9.17, 15) is 0 Å². The van der Waals surface area contributed by atoms with Crippen molar-refractivity contribution in [3.05, 3.63) is 35.8 Å². The second-order valence-electron chi connectivity index (χ2n) is 4.54. The van der Waals surface area contributed by atoms with E-state index in [1.54, 1.807) is 11.7 Å². The van der Waals surface area contributed by atoms with Gasteiger partial charge in [-0.25, -0.2) is 4.98 Å². The van der Waals surface area contributed by atoms with Crippen molar-refractivity contribution >= 4 is 5.96 Å². The van der Waals surface area contributed by atoms with Gasteiger partial charge in [-0.3, -0.25) is 9.67 Å². The normalized spacial score (nSPS) is 13.3. The monoisotopic (exact) mass is 276 g/mol. The van der Waals surface area contributed by atoms with Crippen molar-refractivity contribution in [2.75, 3.05) is 7.05 Å². The molecule has 2 heterocycles. The number of guanidine groups is 1. The Labute approximate surface area is 118 Å². The van der Waals surface area contributed by atoms with Crippen LogP contribution in [-0.2, 0) is 13.6 Å². The second-order valence-corrected chi connectivity index (χ2v) is 4.54. The fourth-order valence-electron chi connectivity index (χ4n) is 1.80. The largest absolute Gasteiger partial charge is 0.464 e. The fraction of sp³-hybridized carbons (Fsp3) is 0.462. The Morgan fingerprint density at radius 2 is 2.30 bits per heavy atom. The van der Waals surface area contributed by atoms with E-state index in [1.165, 1.54) is 6.33 Å². The van der Waals surface area contributed by atoms with Crippen LogP contribution in [0.5, 0.6) is 0 Å². The van der Waals surface area contributed by atoms with Gasteiger partial charge in [0.05, 0.1) is 12.6 Å². The molecule has 0 spiro atoms. The fourth-order valence-corrected chi connectivity index (χ4v) is 1.80. The first kappa shape index (κ1) is 14.1. The van der Waals surface area contributed by atoms with Crippen molar-refractivity contribution in [3.63, 3.8) is 0 Å². The summed E-state index contributed by atoms with van der Waals surface area (Å²) in [5.41, 5.74) is 0. The standard InChI is InChI=1S/C13H20N6O/c1-9-5-6-11(20-9)10(2)18-13(14-3)15-7-12-16-8-17-19(12)4/h5-6,8,10H,7H2,1-4H3,(H2,14,15,18). The Bertz CT molecular complexity index is 585. The summed E-state index contributed by atoms with van der Waals surface area (Å²) in [4.78, 5) is 8.34. The minimum atomic E-state index is 0.0365. The van der Waals surface area contributed by atoms with Gasteiger partial charge >= 0.3 is 0 Å². The first-order valence-electron chi connectivity index (χ1n) is 6.46. The van der Waals surface area contributed by atoms with E-state index in [0.29, 0.717) is 12.5 Å². The minimum absolute atomic E-state index is 0.0365. The third-order valence-electron chi connectivity index (χ3n) is 2.98. The molecule has 0 radical (unpaired) electrons. The summed E-state index contributed by atoms with van der Waals surface area (Å²) >= 11 is 0. The molecule has 7 heteroatoms. The van der Waals surface area contributed by atoms with E-state index in [0.717, 1.165) is 17.3 Å². The molecule has 2 rings (SSSR count). The van der Waals surface area contributed by atoms with Gasteiger partial charge in [-0.2, -0.15) is 5.10 Å². The van der Waals surface area contributed by atoms with Crippen molar-refractivity contribution in [1.29, 1.82) is 0 Å². The van der Waals surface area contributed by atoms with E-state index >= 15 is 0 Å². The Hall–Kier alpha value is -2.31. The molecule has 0 saturated heterocycles. The van der Waals surface area contributed by atoms with E-state index in [2.05, 4.69) is 25.7 Å². The van der Waals surface area contributed by atoms with Gasteiger partial charge in [0.2, 0.25) is 0 Å². The average molecular weight is 276 g/mol. The first-order valence-corrected chi connectivity index (χ1v) is 6.46. The highest BCUT2D eigenvalue weighted by atomic mass is 16.3. The number of hydrogen-bond donors (Lipinski definition) is 2. The van der Waals surface area contributed by atoms with Gasteiger partial charge in [-0.1, -0.05) is 0 Å². The van der Waals surface area contributed by atoms with Crippen LogP contribution >= 0.6 is 0 Å². The SMILES string of the molecule is CN=C(NCc1ncnn1C)NC(C)c1ccc(C)o1. The zero-order valence-corrected chi connectivity index (χ0v) is 12.2. The predicted molar refractivity (Wildman–Crippen MR) is 76.2 cm³/mol. The zero-order valence-electron chi connectivity index (χ0n) is 12.2. The molecule has 0 saturated carbocycles. The van der Waals surface area contributed by atoms with Crippen LogP contribution in [0.2, 0.25) is 0 Å². The van der Waals surface area contributed by atoms with E-state index in [-0.39, 0.29) is 6.04 Å². The predicted octanol–water partition coefficient (Wildman–Crippen LogP) is 1.14. The van der Waals surface area contributed by atoms with Crippen LogP contribution in [0.3, 0.4) is 0 Å². The van der Waals surface area contributed by atoms with Gasteiger partial charge in [0.15, 0.2) is 5.96 Å². The van der Waals surface area contributed by atoms with Gasteiger partial charge in [0.1, 0.15) is 23.7 Å². The molecule has 20 heavy (non-hydrogen) atoms. The number of hydrogen-bond acceptors (Lipinski definition) is 4. The highest BCUT2D eigenvalue weighted by Gasteiger charge is 2.11. The third-order valence-corrected chi connectivity index (χ3v) is 2.98. The molecule has 0 amide bonds. The van der Waals surface area contributed by atoms with Crippen molar-refractivity contribution in [3.8, 4) is 0 Å². The summed E-state index contributed by atoms with van der Waals surface area (Å²) in [6.45, 7) is 4.50. The lowest BCUT2D eigenvalue weighted by Gasteiger charge is -2.16. The Morgan fingerprint density at radius 3 is 2.85 bits per heavy atom. The quantitative estimate of drug-likeness (QED) is 0.646. The van der Waals surface area contributed by atoms with Crippen LogP contribution in [0.25, 0.3) is 0 Å². The van der Waals surface area contributed by atoms with Crippen LogP contribution in [0.1, 0.15) is 30.3 Å². The summed E-state index contributed by atoms with van der Waals surface area (Å²) in [6.07, 6.45) is 1.53. The molecule has 1 unspecified atom stereocenters. The molecule has 108 valence electrons. The van der Waals surface area contributed by atoms with Crippen LogP contribution in [0.15, 0.2) is 27.9 Å². The van der Waals surface area contributed by atoms with Crippen LogP contribution < -0.4 is 10.6 Å². The molecule has 7 nitrogen and oxygen atoms in total. The molecule has 2 aromatic heterocycles. The summed E-state index contributed by atoms with van der Waals surface area (Å²) in [5.74, 6) is 3.31. The molecule has 0 aliphatic carbocycles. The van der Waals surface area contributed by atoms with Gasteiger partial charge in [-0.15, -0.1) is 0 Å². The Kier molecular flexibility index (Phi) is 4.39. The maximum atomic E-state index is 5.59. The molecular weight excluding hydrogens is 256 g/mol. The number of nitrogens with one attached hydrogen (secondary N) is 2. The van der Waals surface area contributed by atoms with Gasteiger partial charge in [0, 0.05) is 14.1 Å². The average Bonchev–Trinajstić information content (AvgIpc) is 3.03. The van der Waals surface area contributed by atoms with Crippen molar-refractivity contribution in [2.45, 2.75) is 26.4 Å². The van der Waals surface area contributed by atoms with E-state index in [1.807, 2.05) is 33.0 Å². The van der Waals surface area contributed by atoms with Crippen molar-refractivity contribution in [2.24, 2.45) is 12.0 Å². The maximum Gasteiger partial charge on any atom is 0.191 e. The van der Waals surface area contributed by atoms with Crippen LogP contribution in [0, 0.1) is 6.92 Å². The molecule has 0 fully saturated rings. The molecular formula is C13H20N6O. The van der Waals surface area contributed by atoms with Gasteiger partial charge in [-0.05, 0) is 26.0 Å². The van der Waals surface area contributed by atoms with E-state index < -0.39 is 0 Å². The lowest BCUT2D eigenvalue weighted by atomic mass is 10.2. The highest BCUT2D eigenvalue weighted by Crippen LogP contribution is 2.15. The number of aromatic nitrogens is 3. The Balaban J connectivity index is 1.91. The van der Waals surface area contributed by atoms with Crippen molar-refractivity contribution in [1.82, 2.24) is 25.4 Å². The lowest BCUT2D eigenvalue weighted by Crippen LogP contribution is -2.38. The minimum Gasteiger partial charge on any atom is -0.464 e. The smallest absolute Gasteiger partial charge is 0.191 e. The summed E-state index contributed by atoms with van der Waals surface area (Å²) in [6, 6.07) is 3.95. The highest BCUT2D eigenvalue weighted by molar-refractivity contribution is 5.79. The molecule has 0 bridgehead atoms. The number of nitrogens with zero attached hydrogens (tertiary/aromatic N) is 4. The second kappa shape index (κ2) is 6.23. The number of aliphatic imine (C=N–C) groups is 1. The first-order chi connectivity index (χ1) is 9.60. The van der Waals surface area contributed by atoms with Crippen LogP contribution in [0.4, 0.5) is 0 Å². The number of aryl methyl sites for hydroxylation is 2. The number of furan rings is 1. The maximum absolute atomic E-state index is 5.59. The molecule has 0 aliphatic rings. The molecule has 2 N–H and O–H groups in total. The topological polar surface area (TPSA) is 80.3 Å². The Morgan fingerprint density at radius 1 is 1.50 bits per heavy atom. The molecule has 0 aliphatic heterocycles. The summed E-state index contributed by atoms with van der Waals surface area (Å²) < 4.78 is 7.31. The van der Waals surface area contributed by atoms with E-state index in [4.69, 9.17) is 4.42 Å². The third kappa shape index (κ3) is 3.37.